The topological polar surface area (TPSA) is 78.3 Å². The van der Waals surface area contributed by atoms with Gasteiger partial charge >= 0.3 is 0 Å². The molecule has 2 atom stereocenters. The predicted octanol–water partition coefficient (Wildman–Crippen LogP) is 4.75. The van der Waals surface area contributed by atoms with E-state index in [9.17, 15) is 4.79 Å². The molecule has 2 aliphatic rings. The van der Waals surface area contributed by atoms with Gasteiger partial charge in [-0.05, 0) is 44.4 Å². The number of carbonyl (C=O) groups is 1. The first-order valence-corrected chi connectivity index (χ1v) is 12.4. The van der Waals surface area contributed by atoms with Crippen LogP contribution in [0.25, 0.3) is 21.3 Å². The Balaban J connectivity index is 0.00000119. The standard InChI is InChI=1S/C22H26N4O3S.C2H6/c1-13(16-9-21(27)23-10-16)29-20-8-15(7-19-22(20)30-14(2)25-19)17-11-24-26(12-17)18-3-5-28-6-4-18;1-2/h7-8,11-13,16,18H,3-6,9-10H2,1-2H3,(H,23,27);1-2H3. The minimum Gasteiger partial charge on any atom is -0.489 e. The molecule has 2 saturated heterocycles. The van der Waals surface area contributed by atoms with Gasteiger partial charge in [0, 0.05) is 43.9 Å². The molecule has 0 radical (unpaired) electrons. The summed E-state index contributed by atoms with van der Waals surface area (Å²) in [5.41, 5.74) is 3.05. The van der Waals surface area contributed by atoms with Crippen LogP contribution in [0.4, 0.5) is 0 Å². The van der Waals surface area contributed by atoms with Gasteiger partial charge in [0.05, 0.1) is 27.5 Å². The van der Waals surface area contributed by atoms with E-state index in [1.165, 1.54) is 0 Å². The second kappa shape index (κ2) is 10.0. The van der Waals surface area contributed by atoms with Crippen molar-refractivity contribution in [3.63, 3.8) is 0 Å². The SMILES string of the molecule is CC.Cc1nc2cc(-c3cnn(C4CCOCC4)c3)cc(OC(C)C3CNC(=O)C3)c2s1. The van der Waals surface area contributed by atoms with Gasteiger partial charge in [-0.2, -0.15) is 5.10 Å². The molecule has 1 aromatic carbocycles. The van der Waals surface area contributed by atoms with Crippen molar-refractivity contribution >= 4 is 27.5 Å². The van der Waals surface area contributed by atoms with Gasteiger partial charge < -0.3 is 14.8 Å². The smallest absolute Gasteiger partial charge is 0.220 e. The van der Waals surface area contributed by atoms with Crippen molar-refractivity contribution in [3.05, 3.63) is 29.5 Å². The third-order valence-electron chi connectivity index (χ3n) is 6.05. The number of nitrogens with zero attached hydrogens (tertiary/aromatic N) is 3. The monoisotopic (exact) mass is 456 g/mol. The summed E-state index contributed by atoms with van der Waals surface area (Å²) < 4.78 is 15.0. The third kappa shape index (κ3) is 4.81. The van der Waals surface area contributed by atoms with Gasteiger partial charge in [0.25, 0.3) is 0 Å². The number of ether oxygens (including phenoxy) is 2. The molecule has 0 aliphatic carbocycles. The lowest BCUT2D eigenvalue weighted by Gasteiger charge is -2.22. The van der Waals surface area contributed by atoms with Gasteiger partial charge in [-0.25, -0.2) is 4.98 Å². The Bertz CT molecular complexity index is 1070. The van der Waals surface area contributed by atoms with Crippen LogP contribution in [-0.4, -0.2) is 46.5 Å². The van der Waals surface area contributed by atoms with E-state index in [4.69, 9.17) is 14.5 Å². The summed E-state index contributed by atoms with van der Waals surface area (Å²) in [6, 6.07) is 4.59. The van der Waals surface area contributed by atoms with Crippen LogP contribution >= 0.6 is 11.3 Å². The van der Waals surface area contributed by atoms with Gasteiger partial charge in [-0.1, -0.05) is 13.8 Å². The number of hydrogen-bond acceptors (Lipinski definition) is 6. The highest BCUT2D eigenvalue weighted by molar-refractivity contribution is 7.18. The molecule has 4 heterocycles. The zero-order chi connectivity index (χ0) is 22.7. The molecule has 3 aromatic rings. The fourth-order valence-corrected chi connectivity index (χ4v) is 5.12. The first-order valence-electron chi connectivity index (χ1n) is 11.5. The molecule has 2 fully saturated rings. The van der Waals surface area contributed by atoms with Crippen LogP contribution in [0.1, 0.15) is 51.1 Å². The molecule has 2 aromatic heterocycles. The summed E-state index contributed by atoms with van der Waals surface area (Å²) in [6.07, 6.45) is 6.47. The lowest BCUT2D eigenvalue weighted by atomic mass is 10.0. The van der Waals surface area contributed by atoms with E-state index in [2.05, 4.69) is 33.4 Å². The average Bonchev–Trinajstić information content (AvgIpc) is 3.55. The summed E-state index contributed by atoms with van der Waals surface area (Å²) in [5, 5.41) is 8.53. The lowest BCUT2D eigenvalue weighted by molar-refractivity contribution is -0.119. The first-order chi connectivity index (χ1) is 15.6. The van der Waals surface area contributed by atoms with Crippen LogP contribution < -0.4 is 10.1 Å². The molecule has 0 bridgehead atoms. The molecule has 2 aliphatic heterocycles. The Morgan fingerprint density at radius 2 is 2.03 bits per heavy atom. The van der Waals surface area contributed by atoms with Gasteiger partial charge in [-0.15, -0.1) is 11.3 Å². The maximum absolute atomic E-state index is 11.6. The van der Waals surface area contributed by atoms with E-state index in [0.717, 1.165) is 58.2 Å². The Kier molecular flexibility index (Phi) is 7.10. The van der Waals surface area contributed by atoms with Gasteiger partial charge in [0.1, 0.15) is 11.9 Å². The summed E-state index contributed by atoms with van der Waals surface area (Å²) in [7, 11) is 0. The molecular formula is C24H32N4O3S. The molecule has 172 valence electrons. The van der Waals surface area contributed by atoms with Crippen LogP contribution in [0.5, 0.6) is 5.75 Å². The minimum atomic E-state index is -0.0604. The molecule has 1 N–H and O–H groups in total. The predicted molar refractivity (Wildman–Crippen MR) is 127 cm³/mol. The second-order valence-electron chi connectivity index (χ2n) is 8.20. The van der Waals surface area contributed by atoms with Crippen molar-refractivity contribution in [2.24, 2.45) is 5.92 Å². The zero-order valence-electron chi connectivity index (χ0n) is 19.3. The fraction of sp³-hybridized carbons (Fsp3) is 0.542. The fourth-order valence-electron chi connectivity index (χ4n) is 4.26. The molecule has 1 amide bonds. The number of nitrogens with one attached hydrogen (secondary N) is 1. The zero-order valence-corrected chi connectivity index (χ0v) is 20.1. The molecule has 0 saturated carbocycles. The molecule has 0 spiro atoms. The Labute approximate surface area is 193 Å². The van der Waals surface area contributed by atoms with Gasteiger partial charge in [-0.3, -0.25) is 9.48 Å². The number of benzene rings is 1. The quantitative estimate of drug-likeness (QED) is 0.599. The summed E-state index contributed by atoms with van der Waals surface area (Å²) in [4.78, 5) is 16.3. The van der Waals surface area contributed by atoms with E-state index in [-0.39, 0.29) is 17.9 Å². The van der Waals surface area contributed by atoms with Crippen LogP contribution in [-0.2, 0) is 9.53 Å². The largest absolute Gasteiger partial charge is 0.489 e. The van der Waals surface area contributed by atoms with E-state index < -0.39 is 0 Å². The van der Waals surface area contributed by atoms with Gasteiger partial charge in [0.15, 0.2) is 0 Å². The summed E-state index contributed by atoms with van der Waals surface area (Å²) in [5.74, 6) is 1.11. The maximum Gasteiger partial charge on any atom is 0.220 e. The van der Waals surface area contributed by atoms with Crippen molar-refractivity contribution in [3.8, 4) is 16.9 Å². The highest BCUT2D eigenvalue weighted by Crippen LogP contribution is 2.37. The molecule has 32 heavy (non-hydrogen) atoms. The van der Waals surface area contributed by atoms with Crippen LogP contribution in [0.3, 0.4) is 0 Å². The highest BCUT2D eigenvalue weighted by atomic mass is 32.1. The summed E-state index contributed by atoms with van der Waals surface area (Å²) >= 11 is 1.64. The normalized spacial score (nSPS) is 20.0. The van der Waals surface area contributed by atoms with E-state index in [1.807, 2.05) is 33.9 Å². The van der Waals surface area contributed by atoms with Crippen molar-refractivity contribution in [2.75, 3.05) is 19.8 Å². The van der Waals surface area contributed by atoms with Crippen molar-refractivity contribution in [2.45, 2.75) is 59.1 Å². The van der Waals surface area contributed by atoms with Crippen LogP contribution in [0.15, 0.2) is 24.5 Å². The highest BCUT2D eigenvalue weighted by Gasteiger charge is 2.28. The number of aromatic nitrogens is 3. The van der Waals surface area contributed by atoms with E-state index in [0.29, 0.717) is 19.0 Å². The van der Waals surface area contributed by atoms with Crippen molar-refractivity contribution < 1.29 is 14.3 Å². The average molecular weight is 457 g/mol. The van der Waals surface area contributed by atoms with Gasteiger partial charge in [0.2, 0.25) is 5.91 Å². The van der Waals surface area contributed by atoms with Crippen LogP contribution in [0.2, 0.25) is 0 Å². The molecule has 8 heteroatoms. The first kappa shape index (κ1) is 22.7. The van der Waals surface area contributed by atoms with E-state index in [1.54, 1.807) is 11.3 Å². The Hall–Kier alpha value is -2.45. The Morgan fingerprint density at radius 1 is 1.25 bits per heavy atom. The second-order valence-corrected chi connectivity index (χ2v) is 9.40. The number of fused-ring (bicyclic) bond motifs is 1. The molecule has 7 nitrogen and oxygen atoms in total. The molecule has 5 rings (SSSR count). The maximum atomic E-state index is 11.6. The molecular weight excluding hydrogens is 424 g/mol. The molecule has 2 unspecified atom stereocenters. The number of rotatable bonds is 5. The lowest BCUT2D eigenvalue weighted by Crippen LogP contribution is -2.25. The number of amides is 1. The Morgan fingerprint density at radius 3 is 2.75 bits per heavy atom. The van der Waals surface area contributed by atoms with Crippen molar-refractivity contribution in [1.82, 2.24) is 20.1 Å². The minimum absolute atomic E-state index is 0.0604. The number of thiazole rings is 1. The number of carbonyl (C=O) groups excluding carboxylic acids is 1. The summed E-state index contributed by atoms with van der Waals surface area (Å²) in [6.45, 7) is 10.3. The van der Waals surface area contributed by atoms with E-state index >= 15 is 0 Å². The third-order valence-corrected chi connectivity index (χ3v) is 7.05. The number of hydrogen-bond donors (Lipinski definition) is 1. The number of aryl methyl sites for hydroxylation is 1. The van der Waals surface area contributed by atoms with Crippen LogP contribution in [0, 0.1) is 12.8 Å². The van der Waals surface area contributed by atoms with Crippen molar-refractivity contribution in [1.29, 1.82) is 0 Å².